The Labute approximate surface area is 89.4 Å². The van der Waals surface area contributed by atoms with Crippen molar-refractivity contribution in [3.05, 3.63) is 27.7 Å². The summed E-state index contributed by atoms with van der Waals surface area (Å²) in [5.41, 5.74) is 6.27. The molecule has 0 aliphatic rings. The van der Waals surface area contributed by atoms with E-state index in [4.69, 9.17) is 30.2 Å². The van der Waals surface area contributed by atoms with E-state index in [2.05, 4.69) is 4.98 Å². The van der Waals surface area contributed by atoms with Gasteiger partial charge in [-0.05, 0) is 11.4 Å². The Morgan fingerprint density at radius 3 is 3.00 bits per heavy atom. The molecule has 2 aromatic rings. The smallest absolute Gasteiger partial charge is 0.106 e. The van der Waals surface area contributed by atoms with Crippen molar-refractivity contribution in [3.63, 3.8) is 0 Å². The highest BCUT2D eigenvalue weighted by atomic mass is 32.1. The number of rotatable bonds is 1. The maximum atomic E-state index is 5.52. The second-order valence-corrected chi connectivity index (χ2v) is 4.32. The summed E-state index contributed by atoms with van der Waals surface area (Å²) < 4.78 is 0.738. The number of aromatic nitrogens is 1. The van der Waals surface area contributed by atoms with Gasteiger partial charge in [-0.1, -0.05) is 24.4 Å². The summed E-state index contributed by atoms with van der Waals surface area (Å²) in [6.07, 6.45) is 1.77. The van der Waals surface area contributed by atoms with Gasteiger partial charge in [-0.3, -0.25) is 0 Å². The van der Waals surface area contributed by atoms with E-state index in [1.165, 1.54) is 0 Å². The van der Waals surface area contributed by atoms with Crippen molar-refractivity contribution in [3.8, 4) is 0 Å². The first-order valence-corrected chi connectivity index (χ1v) is 5.28. The summed E-state index contributed by atoms with van der Waals surface area (Å²) in [4.78, 5) is 4.51. The molecular weight excluding hydrogens is 220 g/mol. The Kier molecular flexibility index (Phi) is 2.15. The number of fused-ring (bicyclic) bond motifs is 1. The first-order chi connectivity index (χ1) is 6.20. The summed E-state index contributed by atoms with van der Waals surface area (Å²) in [6.45, 7) is 0. The minimum absolute atomic E-state index is 0.342. The van der Waals surface area contributed by atoms with Crippen molar-refractivity contribution in [1.82, 2.24) is 4.98 Å². The number of nitrogens with two attached hydrogens (primary N) is 1. The number of pyridine rings is 1. The Hall–Kier alpha value is -0.780. The molecule has 3 N–H and O–H groups in total. The zero-order valence-electron chi connectivity index (χ0n) is 6.53. The quantitative estimate of drug-likeness (QED) is 0.734. The third-order valence-corrected chi connectivity index (χ3v) is 3.27. The highest BCUT2D eigenvalue weighted by molar-refractivity contribution is 7.80. The first-order valence-electron chi connectivity index (χ1n) is 3.59. The molecule has 0 saturated heterocycles. The van der Waals surface area contributed by atoms with E-state index in [0.29, 0.717) is 4.99 Å². The van der Waals surface area contributed by atoms with E-state index in [9.17, 15) is 0 Å². The summed E-state index contributed by atoms with van der Waals surface area (Å²) >= 11 is 11.7. The monoisotopic (exact) mass is 226 g/mol. The normalized spacial score (nSPS) is 10.5. The predicted octanol–water partition coefficient (Wildman–Crippen LogP) is 2.59. The van der Waals surface area contributed by atoms with Crippen molar-refractivity contribution in [2.75, 3.05) is 0 Å². The molecule has 2 rings (SSSR count). The molecule has 0 amide bonds. The minimum Gasteiger partial charge on any atom is -0.389 e. The average molecular weight is 226 g/mol. The maximum absolute atomic E-state index is 5.52. The van der Waals surface area contributed by atoms with Crippen molar-refractivity contribution in [1.29, 1.82) is 0 Å². The molecule has 0 aliphatic heterocycles. The van der Waals surface area contributed by atoms with Gasteiger partial charge in [-0.2, -0.15) is 0 Å². The van der Waals surface area contributed by atoms with E-state index < -0.39 is 0 Å². The van der Waals surface area contributed by atoms with Gasteiger partial charge in [-0.25, -0.2) is 0 Å². The number of thiocarbonyl (C=S) groups is 1. The molecule has 0 spiro atoms. The van der Waals surface area contributed by atoms with Crippen LogP contribution in [0.2, 0.25) is 0 Å². The van der Waals surface area contributed by atoms with Crippen LogP contribution in [0.25, 0.3) is 10.2 Å². The molecule has 0 fully saturated rings. The van der Waals surface area contributed by atoms with Crippen LogP contribution < -0.4 is 5.73 Å². The lowest BCUT2D eigenvalue weighted by Gasteiger charge is -1.98. The minimum atomic E-state index is 0.342. The predicted molar refractivity (Wildman–Crippen MR) is 62.9 cm³/mol. The van der Waals surface area contributed by atoms with E-state index in [-0.39, 0.29) is 0 Å². The van der Waals surface area contributed by atoms with Crippen LogP contribution in [0, 0.1) is 4.51 Å². The number of hydrogen-bond acceptors (Lipinski definition) is 3. The number of nitrogens with one attached hydrogen (secondary N) is 1. The van der Waals surface area contributed by atoms with Crippen LogP contribution >= 0.6 is 35.8 Å². The van der Waals surface area contributed by atoms with Crippen LogP contribution in [0.5, 0.6) is 0 Å². The lowest BCUT2D eigenvalue weighted by Crippen LogP contribution is -2.10. The third-order valence-electron chi connectivity index (χ3n) is 1.77. The Bertz CT molecular complexity index is 523. The molecule has 2 aromatic heterocycles. The largest absolute Gasteiger partial charge is 0.389 e. The van der Waals surface area contributed by atoms with Crippen LogP contribution in [-0.2, 0) is 0 Å². The van der Waals surface area contributed by atoms with E-state index in [1.54, 1.807) is 17.5 Å². The third kappa shape index (κ3) is 1.39. The Morgan fingerprint density at radius 1 is 1.54 bits per heavy atom. The molecule has 0 saturated carbocycles. The Balaban J connectivity index is 2.89. The summed E-state index contributed by atoms with van der Waals surface area (Å²) in [6, 6.07) is 1.97. The fraction of sp³-hybridized carbons (Fsp3) is 0. The van der Waals surface area contributed by atoms with Gasteiger partial charge in [0.05, 0.1) is 4.51 Å². The van der Waals surface area contributed by atoms with Crippen molar-refractivity contribution in [2.45, 2.75) is 0 Å². The molecule has 0 aromatic carbocycles. The van der Waals surface area contributed by atoms with Gasteiger partial charge in [-0.15, -0.1) is 11.3 Å². The molecule has 66 valence electrons. The van der Waals surface area contributed by atoms with E-state index in [1.807, 2.05) is 11.4 Å². The maximum Gasteiger partial charge on any atom is 0.106 e. The highest BCUT2D eigenvalue weighted by Gasteiger charge is 2.03. The molecule has 0 atom stereocenters. The number of hydrogen-bond donors (Lipinski definition) is 2. The summed E-state index contributed by atoms with van der Waals surface area (Å²) in [5.74, 6) is 0. The van der Waals surface area contributed by atoms with Gasteiger partial charge in [0.25, 0.3) is 0 Å². The highest BCUT2D eigenvalue weighted by Crippen LogP contribution is 2.21. The molecule has 0 bridgehead atoms. The molecule has 0 radical (unpaired) electrons. The first kappa shape index (κ1) is 8.80. The molecule has 5 heteroatoms. The lowest BCUT2D eigenvalue weighted by atomic mass is 10.2. The molecule has 2 nitrogen and oxygen atoms in total. The van der Waals surface area contributed by atoms with Gasteiger partial charge in [0.1, 0.15) is 9.82 Å². The van der Waals surface area contributed by atoms with Crippen molar-refractivity contribution >= 4 is 51.0 Å². The molecule has 2 heterocycles. The molecule has 0 unspecified atom stereocenters. The SMILES string of the molecule is NC(=S)c1c[nH]c2sccc2c1=S. The molecule has 0 aliphatic carbocycles. The second-order valence-electron chi connectivity index (χ2n) is 2.56. The fourth-order valence-electron chi connectivity index (χ4n) is 1.13. The van der Waals surface area contributed by atoms with Crippen LogP contribution in [0.3, 0.4) is 0 Å². The topological polar surface area (TPSA) is 41.8 Å². The second kappa shape index (κ2) is 3.17. The summed E-state index contributed by atoms with van der Waals surface area (Å²) in [7, 11) is 0. The zero-order valence-corrected chi connectivity index (χ0v) is 8.98. The Morgan fingerprint density at radius 2 is 2.31 bits per heavy atom. The van der Waals surface area contributed by atoms with Crippen LogP contribution in [0.1, 0.15) is 5.56 Å². The van der Waals surface area contributed by atoms with Crippen molar-refractivity contribution in [2.24, 2.45) is 5.73 Å². The van der Waals surface area contributed by atoms with Gasteiger partial charge in [0.15, 0.2) is 0 Å². The standard InChI is InChI=1S/C8H6N2S3/c9-7(12)5-3-10-8-4(6(5)11)1-2-13-8/h1-3H,(H2,9,12)(H,10,11). The van der Waals surface area contributed by atoms with E-state index in [0.717, 1.165) is 20.3 Å². The van der Waals surface area contributed by atoms with Crippen LogP contribution in [0.15, 0.2) is 17.6 Å². The van der Waals surface area contributed by atoms with Gasteiger partial charge in [0, 0.05) is 17.1 Å². The zero-order chi connectivity index (χ0) is 9.42. The number of thiophene rings is 1. The average Bonchev–Trinajstić information content (AvgIpc) is 2.52. The van der Waals surface area contributed by atoms with E-state index >= 15 is 0 Å². The molecular formula is C8H6N2S3. The van der Waals surface area contributed by atoms with Gasteiger partial charge < -0.3 is 10.7 Å². The van der Waals surface area contributed by atoms with Gasteiger partial charge >= 0.3 is 0 Å². The van der Waals surface area contributed by atoms with Crippen molar-refractivity contribution < 1.29 is 0 Å². The van der Waals surface area contributed by atoms with Crippen LogP contribution in [-0.4, -0.2) is 9.97 Å². The van der Waals surface area contributed by atoms with Gasteiger partial charge in [0.2, 0.25) is 0 Å². The molecule has 13 heavy (non-hydrogen) atoms. The number of H-pyrrole nitrogens is 1. The fourth-order valence-corrected chi connectivity index (χ4v) is 2.52. The lowest BCUT2D eigenvalue weighted by molar-refractivity contribution is 1.42. The summed E-state index contributed by atoms with van der Waals surface area (Å²) in [5, 5.41) is 3.01. The number of aromatic amines is 1. The van der Waals surface area contributed by atoms with Crippen LogP contribution in [0.4, 0.5) is 0 Å².